The van der Waals surface area contributed by atoms with E-state index in [1.807, 2.05) is 72.0 Å². The smallest absolute Gasteiger partial charge is 0.238 e. The van der Waals surface area contributed by atoms with Gasteiger partial charge in [-0.25, -0.2) is 4.98 Å². The first kappa shape index (κ1) is 28.6. The van der Waals surface area contributed by atoms with Gasteiger partial charge >= 0.3 is 0 Å². The van der Waals surface area contributed by atoms with Gasteiger partial charge in [0.2, 0.25) is 5.95 Å². The van der Waals surface area contributed by atoms with Gasteiger partial charge in [0.05, 0.1) is 11.0 Å². The molecule has 0 unspecified atom stereocenters. The largest absolute Gasteiger partial charge is 0.278 e. The van der Waals surface area contributed by atoms with Crippen LogP contribution >= 0.6 is 11.3 Å². The Morgan fingerprint density at radius 2 is 0.800 bits per heavy atom. The predicted octanol–water partition coefficient (Wildman–Crippen LogP) is 12.0. The molecule has 50 heavy (non-hydrogen) atoms. The zero-order chi connectivity index (χ0) is 33.0. The first-order valence-electron chi connectivity index (χ1n) is 16.7. The van der Waals surface area contributed by atoms with Crippen molar-refractivity contribution in [3.8, 4) is 51.0 Å². The van der Waals surface area contributed by atoms with Crippen LogP contribution in [0.4, 0.5) is 0 Å². The minimum absolute atomic E-state index is 0.587. The SMILES string of the molecule is c1ccc(-c2ccc3c(c2)c2cc(-c4ccc5sc6ccccc6c5c4)ccc2n3-c2nc(-c3ccccc3)nc(-c3ccccc3)n2)cc1. The minimum Gasteiger partial charge on any atom is -0.278 e. The molecule has 0 spiro atoms. The summed E-state index contributed by atoms with van der Waals surface area (Å²) in [6.45, 7) is 0. The standard InChI is InChI=1S/C45H28N4S/c1-4-12-29(13-5-1)32-20-23-39-36(26-32)37-27-33(34-22-25-42-38(28-34)35-18-10-11-19-41(35)50-42)21-24-40(37)49(39)45-47-43(30-14-6-2-7-15-30)46-44(48-45)31-16-8-3-9-17-31/h1-28H. The number of thiophene rings is 1. The lowest BCUT2D eigenvalue weighted by atomic mass is 9.99. The van der Waals surface area contributed by atoms with Crippen LogP contribution in [0.2, 0.25) is 0 Å². The first-order valence-corrected chi connectivity index (χ1v) is 17.5. The minimum atomic E-state index is 0.587. The van der Waals surface area contributed by atoms with Crippen LogP contribution in [0, 0.1) is 0 Å². The van der Waals surface area contributed by atoms with Gasteiger partial charge in [-0.2, -0.15) is 9.97 Å². The molecule has 0 aliphatic rings. The maximum absolute atomic E-state index is 5.13. The van der Waals surface area contributed by atoms with Crippen LogP contribution in [0.25, 0.3) is 93.0 Å². The van der Waals surface area contributed by atoms with Gasteiger partial charge in [0.1, 0.15) is 0 Å². The van der Waals surface area contributed by atoms with E-state index in [2.05, 4.69) is 114 Å². The monoisotopic (exact) mass is 656 g/mol. The second-order valence-corrected chi connectivity index (χ2v) is 13.6. The highest BCUT2D eigenvalue weighted by Gasteiger charge is 2.19. The molecule has 3 heterocycles. The molecule has 0 amide bonds. The molecule has 0 saturated heterocycles. The van der Waals surface area contributed by atoms with Crippen LogP contribution in [0.5, 0.6) is 0 Å². The third kappa shape index (κ3) is 4.79. The van der Waals surface area contributed by atoms with Crippen LogP contribution in [0.1, 0.15) is 0 Å². The number of aromatic nitrogens is 4. The molecule has 234 valence electrons. The van der Waals surface area contributed by atoms with Gasteiger partial charge in [-0.3, -0.25) is 4.57 Å². The topological polar surface area (TPSA) is 43.6 Å². The number of rotatable bonds is 5. The van der Waals surface area contributed by atoms with Crippen LogP contribution in [-0.2, 0) is 0 Å². The van der Waals surface area contributed by atoms with Gasteiger partial charge in [-0.1, -0.05) is 127 Å². The van der Waals surface area contributed by atoms with Gasteiger partial charge in [0, 0.05) is 42.1 Å². The molecule has 4 nitrogen and oxygen atoms in total. The van der Waals surface area contributed by atoms with Crippen molar-refractivity contribution in [1.29, 1.82) is 0 Å². The van der Waals surface area contributed by atoms with Gasteiger partial charge < -0.3 is 0 Å². The maximum atomic E-state index is 5.13. The zero-order valence-corrected chi connectivity index (χ0v) is 27.7. The van der Waals surface area contributed by atoms with E-state index in [9.17, 15) is 0 Å². The summed E-state index contributed by atoms with van der Waals surface area (Å²) in [6.07, 6.45) is 0. The molecule has 5 heteroatoms. The van der Waals surface area contributed by atoms with E-state index in [0.717, 1.165) is 32.9 Å². The van der Waals surface area contributed by atoms with Crippen molar-refractivity contribution in [2.75, 3.05) is 0 Å². The van der Waals surface area contributed by atoms with Crippen molar-refractivity contribution in [1.82, 2.24) is 19.5 Å². The molecule has 0 atom stereocenters. The molecule has 0 fully saturated rings. The van der Waals surface area contributed by atoms with Crippen LogP contribution in [-0.4, -0.2) is 19.5 Å². The van der Waals surface area contributed by atoms with Crippen molar-refractivity contribution in [3.05, 3.63) is 170 Å². The van der Waals surface area contributed by atoms with E-state index in [-0.39, 0.29) is 0 Å². The third-order valence-corrected chi connectivity index (χ3v) is 10.6. The van der Waals surface area contributed by atoms with E-state index in [1.165, 1.54) is 42.4 Å². The maximum Gasteiger partial charge on any atom is 0.238 e. The lowest BCUT2D eigenvalue weighted by Gasteiger charge is -2.11. The molecule has 0 aliphatic heterocycles. The number of benzene rings is 7. The summed E-state index contributed by atoms with van der Waals surface area (Å²) in [4.78, 5) is 15.2. The highest BCUT2D eigenvalue weighted by molar-refractivity contribution is 7.25. The lowest BCUT2D eigenvalue weighted by molar-refractivity contribution is 0.953. The number of hydrogen-bond donors (Lipinski definition) is 0. The van der Waals surface area contributed by atoms with Gasteiger partial charge in [-0.05, 0) is 64.7 Å². The van der Waals surface area contributed by atoms with E-state index in [1.54, 1.807) is 0 Å². The van der Waals surface area contributed by atoms with Crippen molar-refractivity contribution < 1.29 is 0 Å². The average Bonchev–Trinajstić information content (AvgIpc) is 3.73. The highest BCUT2D eigenvalue weighted by Crippen LogP contribution is 2.40. The summed E-state index contributed by atoms with van der Waals surface area (Å²) in [7, 11) is 0. The molecule has 0 aliphatic carbocycles. The Morgan fingerprint density at radius 3 is 1.40 bits per heavy atom. The quantitative estimate of drug-likeness (QED) is 0.185. The summed E-state index contributed by atoms with van der Waals surface area (Å²) in [5.41, 5.74) is 8.68. The fourth-order valence-electron chi connectivity index (χ4n) is 7.03. The molecule has 0 saturated carbocycles. The second kappa shape index (κ2) is 11.6. The number of hydrogen-bond acceptors (Lipinski definition) is 4. The summed E-state index contributed by atoms with van der Waals surface area (Å²) in [6, 6.07) is 59.8. The normalized spacial score (nSPS) is 11.6. The fourth-order valence-corrected chi connectivity index (χ4v) is 8.12. The van der Waals surface area contributed by atoms with Crippen LogP contribution in [0.3, 0.4) is 0 Å². The van der Waals surface area contributed by atoms with Gasteiger partial charge in [0.25, 0.3) is 0 Å². The van der Waals surface area contributed by atoms with Crippen molar-refractivity contribution in [2.45, 2.75) is 0 Å². The lowest BCUT2D eigenvalue weighted by Crippen LogP contribution is -2.06. The summed E-state index contributed by atoms with van der Waals surface area (Å²) in [5, 5.41) is 4.89. The highest BCUT2D eigenvalue weighted by atomic mass is 32.1. The average molecular weight is 657 g/mol. The number of fused-ring (bicyclic) bond motifs is 6. The second-order valence-electron chi connectivity index (χ2n) is 12.5. The van der Waals surface area contributed by atoms with Crippen molar-refractivity contribution in [3.63, 3.8) is 0 Å². The summed E-state index contributed by atoms with van der Waals surface area (Å²) < 4.78 is 4.81. The third-order valence-electron chi connectivity index (χ3n) is 9.47. The van der Waals surface area contributed by atoms with E-state index >= 15 is 0 Å². The molecule has 0 bridgehead atoms. The van der Waals surface area contributed by atoms with E-state index < -0.39 is 0 Å². The Balaban J connectivity index is 1.23. The summed E-state index contributed by atoms with van der Waals surface area (Å²) >= 11 is 1.85. The van der Waals surface area contributed by atoms with Crippen molar-refractivity contribution in [2.24, 2.45) is 0 Å². The fraction of sp³-hybridized carbons (Fsp3) is 0. The van der Waals surface area contributed by atoms with Crippen LogP contribution < -0.4 is 0 Å². The van der Waals surface area contributed by atoms with Crippen molar-refractivity contribution >= 4 is 53.3 Å². The molecule has 3 aromatic heterocycles. The molecular formula is C45H28N4S. The zero-order valence-electron chi connectivity index (χ0n) is 26.9. The Kier molecular flexibility index (Phi) is 6.64. The molecule has 10 aromatic rings. The predicted molar refractivity (Wildman–Crippen MR) is 209 cm³/mol. The Morgan fingerprint density at radius 1 is 0.340 bits per heavy atom. The van der Waals surface area contributed by atoms with Gasteiger partial charge in [-0.15, -0.1) is 11.3 Å². The Bertz CT molecular complexity index is 2800. The molecule has 7 aromatic carbocycles. The summed E-state index contributed by atoms with van der Waals surface area (Å²) in [5.74, 6) is 1.86. The molecule has 10 rings (SSSR count). The van der Waals surface area contributed by atoms with Gasteiger partial charge in [0.15, 0.2) is 11.6 Å². The molecule has 0 radical (unpaired) electrons. The molecule has 0 N–H and O–H groups in total. The molecular weight excluding hydrogens is 629 g/mol. The van der Waals surface area contributed by atoms with Crippen LogP contribution in [0.15, 0.2) is 170 Å². The Labute approximate surface area is 292 Å². The first-order chi connectivity index (χ1) is 24.8. The number of nitrogens with zero attached hydrogens (tertiary/aromatic N) is 4. The Hall–Kier alpha value is -6.43. The van der Waals surface area contributed by atoms with E-state index in [4.69, 9.17) is 15.0 Å². The van der Waals surface area contributed by atoms with E-state index in [0.29, 0.717) is 17.6 Å².